The van der Waals surface area contributed by atoms with Crippen molar-refractivity contribution in [3.63, 3.8) is 0 Å². The van der Waals surface area contributed by atoms with Gasteiger partial charge in [0.15, 0.2) is 0 Å². The van der Waals surface area contributed by atoms with E-state index < -0.39 is 0 Å². The summed E-state index contributed by atoms with van der Waals surface area (Å²) in [7, 11) is 0. The summed E-state index contributed by atoms with van der Waals surface area (Å²) in [6.45, 7) is 4.80. The Morgan fingerprint density at radius 1 is 1.18 bits per heavy atom. The standard InChI is InChI=1S/C14H19N3/c1-10-3-5-12(6-4-10)9-13-11(2)16-14(17-13)7-8-15/h3-6H,7-9,15H2,1-2H3,(H,16,17). The third kappa shape index (κ3) is 2.94. The number of hydrogen-bond acceptors (Lipinski definition) is 2. The normalized spacial score (nSPS) is 10.8. The number of rotatable bonds is 4. The molecule has 0 radical (unpaired) electrons. The van der Waals surface area contributed by atoms with Gasteiger partial charge in [0, 0.05) is 18.5 Å². The Balaban J connectivity index is 2.15. The minimum absolute atomic E-state index is 0.636. The van der Waals surface area contributed by atoms with E-state index in [1.165, 1.54) is 11.1 Å². The van der Waals surface area contributed by atoms with Crippen LogP contribution in [0, 0.1) is 13.8 Å². The number of benzene rings is 1. The fourth-order valence-corrected chi connectivity index (χ4v) is 1.89. The van der Waals surface area contributed by atoms with Gasteiger partial charge in [-0.2, -0.15) is 0 Å². The summed E-state index contributed by atoms with van der Waals surface area (Å²) in [6.07, 6.45) is 1.70. The van der Waals surface area contributed by atoms with Crippen molar-refractivity contribution in [2.24, 2.45) is 5.73 Å². The first-order valence-corrected chi connectivity index (χ1v) is 5.99. The zero-order chi connectivity index (χ0) is 12.3. The maximum absolute atomic E-state index is 5.53. The molecule has 1 aromatic heterocycles. The molecule has 0 fully saturated rings. The first-order chi connectivity index (χ1) is 8.19. The predicted octanol–water partition coefficient (Wildman–Crippen LogP) is 2.12. The van der Waals surface area contributed by atoms with E-state index in [9.17, 15) is 0 Å². The molecule has 0 saturated heterocycles. The molecule has 1 aromatic carbocycles. The maximum atomic E-state index is 5.53. The van der Waals surface area contributed by atoms with E-state index in [4.69, 9.17) is 5.73 Å². The molecule has 0 bridgehead atoms. The minimum Gasteiger partial charge on any atom is -0.346 e. The van der Waals surface area contributed by atoms with Crippen molar-refractivity contribution >= 4 is 0 Å². The van der Waals surface area contributed by atoms with E-state index in [1.807, 2.05) is 0 Å². The molecule has 0 atom stereocenters. The van der Waals surface area contributed by atoms with E-state index in [1.54, 1.807) is 0 Å². The zero-order valence-electron chi connectivity index (χ0n) is 10.5. The number of nitrogens with two attached hydrogens (primary N) is 1. The van der Waals surface area contributed by atoms with Gasteiger partial charge in [0.05, 0.1) is 5.69 Å². The summed E-state index contributed by atoms with van der Waals surface area (Å²) in [6, 6.07) is 8.59. The smallest absolute Gasteiger partial charge is 0.107 e. The highest BCUT2D eigenvalue weighted by molar-refractivity contribution is 5.27. The molecular formula is C14H19N3. The van der Waals surface area contributed by atoms with Gasteiger partial charge in [-0.15, -0.1) is 0 Å². The summed E-state index contributed by atoms with van der Waals surface area (Å²) in [5, 5.41) is 0. The SMILES string of the molecule is Cc1ccc(Cc2nc(CCN)[nH]c2C)cc1. The molecule has 3 heteroatoms. The monoisotopic (exact) mass is 229 g/mol. The average molecular weight is 229 g/mol. The van der Waals surface area contributed by atoms with Gasteiger partial charge in [-0.1, -0.05) is 29.8 Å². The van der Waals surface area contributed by atoms with Crippen LogP contribution in [-0.4, -0.2) is 16.5 Å². The Kier molecular flexibility index (Phi) is 3.59. The van der Waals surface area contributed by atoms with Gasteiger partial charge in [0.1, 0.15) is 5.82 Å². The number of aromatic nitrogens is 2. The summed E-state index contributed by atoms with van der Waals surface area (Å²) < 4.78 is 0. The van der Waals surface area contributed by atoms with Crippen LogP contribution in [-0.2, 0) is 12.8 Å². The van der Waals surface area contributed by atoms with Gasteiger partial charge in [0.2, 0.25) is 0 Å². The van der Waals surface area contributed by atoms with Crippen LogP contribution in [0.15, 0.2) is 24.3 Å². The number of nitrogens with zero attached hydrogens (tertiary/aromatic N) is 1. The van der Waals surface area contributed by atoms with Crippen LogP contribution in [0.4, 0.5) is 0 Å². The topological polar surface area (TPSA) is 54.7 Å². The number of imidazole rings is 1. The lowest BCUT2D eigenvalue weighted by atomic mass is 10.1. The molecule has 1 heterocycles. The minimum atomic E-state index is 0.636. The molecule has 0 aliphatic rings. The van der Waals surface area contributed by atoms with Gasteiger partial charge >= 0.3 is 0 Å². The molecule has 0 amide bonds. The molecule has 2 rings (SSSR count). The quantitative estimate of drug-likeness (QED) is 0.843. The van der Waals surface area contributed by atoms with Gasteiger partial charge in [-0.05, 0) is 26.0 Å². The maximum Gasteiger partial charge on any atom is 0.107 e. The molecule has 0 spiro atoms. The molecule has 2 aromatic rings. The molecular weight excluding hydrogens is 210 g/mol. The van der Waals surface area contributed by atoms with Crippen LogP contribution in [0.1, 0.15) is 28.3 Å². The Morgan fingerprint density at radius 2 is 1.88 bits per heavy atom. The van der Waals surface area contributed by atoms with Crippen molar-refractivity contribution in [1.29, 1.82) is 0 Å². The van der Waals surface area contributed by atoms with Crippen molar-refractivity contribution in [1.82, 2.24) is 9.97 Å². The molecule has 0 aliphatic carbocycles. The molecule has 3 N–H and O–H groups in total. The largest absolute Gasteiger partial charge is 0.346 e. The lowest BCUT2D eigenvalue weighted by Gasteiger charge is -2.00. The second-order valence-electron chi connectivity index (χ2n) is 4.46. The Labute approximate surface area is 102 Å². The van der Waals surface area contributed by atoms with Crippen LogP contribution < -0.4 is 5.73 Å². The molecule has 0 unspecified atom stereocenters. The predicted molar refractivity (Wildman–Crippen MR) is 70.1 cm³/mol. The number of nitrogens with one attached hydrogen (secondary N) is 1. The van der Waals surface area contributed by atoms with Crippen LogP contribution in [0.5, 0.6) is 0 Å². The first-order valence-electron chi connectivity index (χ1n) is 5.99. The summed E-state index contributed by atoms with van der Waals surface area (Å²) >= 11 is 0. The number of hydrogen-bond donors (Lipinski definition) is 2. The van der Waals surface area contributed by atoms with E-state index in [-0.39, 0.29) is 0 Å². The molecule has 3 nitrogen and oxygen atoms in total. The van der Waals surface area contributed by atoms with Crippen molar-refractivity contribution in [2.75, 3.05) is 6.54 Å². The summed E-state index contributed by atoms with van der Waals surface area (Å²) in [5.74, 6) is 0.993. The Hall–Kier alpha value is -1.61. The lowest BCUT2D eigenvalue weighted by molar-refractivity contribution is 0.885. The third-order valence-corrected chi connectivity index (χ3v) is 2.91. The second kappa shape index (κ2) is 5.15. The van der Waals surface area contributed by atoms with E-state index in [0.29, 0.717) is 6.54 Å². The van der Waals surface area contributed by atoms with Crippen LogP contribution in [0.3, 0.4) is 0 Å². The first kappa shape index (κ1) is 11.9. The van der Waals surface area contributed by atoms with Crippen LogP contribution >= 0.6 is 0 Å². The number of aromatic amines is 1. The highest BCUT2D eigenvalue weighted by atomic mass is 14.9. The Morgan fingerprint density at radius 3 is 2.53 bits per heavy atom. The van der Waals surface area contributed by atoms with E-state index >= 15 is 0 Å². The van der Waals surface area contributed by atoms with Gasteiger partial charge < -0.3 is 10.7 Å². The highest BCUT2D eigenvalue weighted by Gasteiger charge is 2.06. The lowest BCUT2D eigenvalue weighted by Crippen LogP contribution is -2.04. The molecule has 17 heavy (non-hydrogen) atoms. The van der Waals surface area contributed by atoms with Crippen LogP contribution in [0.2, 0.25) is 0 Å². The van der Waals surface area contributed by atoms with Crippen molar-refractivity contribution < 1.29 is 0 Å². The van der Waals surface area contributed by atoms with Crippen molar-refractivity contribution in [2.45, 2.75) is 26.7 Å². The van der Waals surface area contributed by atoms with Gasteiger partial charge in [-0.3, -0.25) is 0 Å². The number of aryl methyl sites for hydroxylation is 2. The molecule has 0 aliphatic heterocycles. The van der Waals surface area contributed by atoms with Crippen molar-refractivity contribution in [3.05, 3.63) is 52.6 Å². The summed E-state index contributed by atoms with van der Waals surface area (Å²) in [4.78, 5) is 7.87. The zero-order valence-corrected chi connectivity index (χ0v) is 10.5. The second-order valence-corrected chi connectivity index (χ2v) is 4.46. The van der Waals surface area contributed by atoms with Gasteiger partial charge in [-0.25, -0.2) is 4.98 Å². The fourth-order valence-electron chi connectivity index (χ4n) is 1.89. The molecule has 0 saturated carbocycles. The van der Waals surface area contributed by atoms with Gasteiger partial charge in [0.25, 0.3) is 0 Å². The van der Waals surface area contributed by atoms with E-state index in [0.717, 1.165) is 30.1 Å². The van der Waals surface area contributed by atoms with E-state index in [2.05, 4.69) is 48.1 Å². The Bertz CT molecular complexity index is 483. The number of H-pyrrole nitrogens is 1. The summed E-state index contributed by atoms with van der Waals surface area (Å²) in [5.41, 5.74) is 10.4. The van der Waals surface area contributed by atoms with Crippen molar-refractivity contribution in [3.8, 4) is 0 Å². The third-order valence-electron chi connectivity index (χ3n) is 2.91. The average Bonchev–Trinajstić information content (AvgIpc) is 2.63. The van der Waals surface area contributed by atoms with Crippen LogP contribution in [0.25, 0.3) is 0 Å². The molecule has 90 valence electrons. The highest BCUT2D eigenvalue weighted by Crippen LogP contribution is 2.12. The fraction of sp³-hybridized carbons (Fsp3) is 0.357.